The van der Waals surface area contributed by atoms with Gasteiger partial charge in [0.1, 0.15) is 0 Å². The van der Waals surface area contributed by atoms with Gasteiger partial charge >= 0.3 is 0 Å². The quantitative estimate of drug-likeness (QED) is 0.505. The highest BCUT2D eigenvalue weighted by molar-refractivity contribution is 4.84. The largest absolute Gasteiger partial charge is 0.396 e. The number of hydrogen-bond acceptors (Lipinski definition) is 2. The first-order valence-corrected chi connectivity index (χ1v) is 5.75. The third-order valence-corrected chi connectivity index (χ3v) is 3.27. The number of nitrogens with one attached hydrogen (secondary N) is 1. The molecule has 1 saturated carbocycles. The lowest BCUT2D eigenvalue weighted by molar-refractivity contribution is 0.0817. The number of aliphatic hydroxyl groups is 1. The molecule has 2 N–H and O–H groups in total. The van der Waals surface area contributed by atoms with Crippen molar-refractivity contribution in [2.75, 3.05) is 19.7 Å². The van der Waals surface area contributed by atoms with E-state index in [1.54, 1.807) is 0 Å². The van der Waals surface area contributed by atoms with Crippen LogP contribution in [0.4, 0.5) is 0 Å². The van der Waals surface area contributed by atoms with Crippen LogP contribution in [0.2, 0.25) is 0 Å². The summed E-state index contributed by atoms with van der Waals surface area (Å²) in [6.07, 6.45) is 9.22. The van der Waals surface area contributed by atoms with Crippen molar-refractivity contribution in [3.8, 4) is 0 Å². The minimum atomic E-state index is 0.180. The molecule has 0 unspecified atom stereocenters. The zero-order valence-electron chi connectivity index (χ0n) is 9.10. The van der Waals surface area contributed by atoms with Crippen LogP contribution in [0.25, 0.3) is 0 Å². The number of hydrogen-bond donors (Lipinski definition) is 2. The topological polar surface area (TPSA) is 32.3 Å². The summed E-state index contributed by atoms with van der Waals surface area (Å²) in [5.74, 6) is 0. The van der Waals surface area contributed by atoms with E-state index < -0.39 is 0 Å². The molecule has 0 radical (unpaired) electrons. The molecule has 14 heavy (non-hydrogen) atoms. The van der Waals surface area contributed by atoms with Crippen molar-refractivity contribution in [1.29, 1.82) is 0 Å². The zero-order chi connectivity index (χ0) is 10.3. The Hall–Kier alpha value is -0.340. The van der Waals surface area contributed by atoms with Crippen LogP contribution in [0.1, 0.15) is 38.5 Å². The zero-order valence-corrected chi connectivity index (χ0v) is 9.10. The first kappa shape index (κ1) is 11.7. The lowest BCUT2D eigenvalue weighted by atomic mass is 9.74. The van der Waals surface area contributed by atoms with Gasteiger partial charge in [-0.25, -0.2) is 0 Å². The second-order valence-electron chi connectivity index (χ2n) is 4.47. The first-order valence-electron chi connectivity index (χ1n) is 5.75. The van der Waals surface area contributed by atoms with E-state index in [9.17, 15) is 5.11 Å². The highest BCUT2D eigenvalue weighted by Gasteiger charge is 2.30. The van der Waals surface area contributed by atoms with E-state index in [1.165, 1.54) is 32.1 Å². The molecule has 0 amide bonds. The van der Waals surface area contributed by atoms with Crippen molar-refractivity contribution in [2.24, 2.45) is 5.41 Å². The van der Waals surface area contributed by atoms with Gasteiger partial charge in [0.15, 0.2) is 0 Å². The summed E-state index contributed by atoms with van der Waals surface area (Å²) in [5, 5.41) is 12.9. The number of rotatable bonds is 6. The third-order valence-electron chi connectivity index (χ3n) is 3.27. The van der Waals surface area contributed by atoms with E-state index in [0.717, 1.165) is 19.5 Å². The Labute approximate surface area is 87.4 Å². The fraction of sp³-hybridized carbons (Fsp3) is 0.833. The Balaban J connectivity index is 2.25. The van der Waals surface area contributed by atoms with Gasteiger partial charge in [-0.3, -0.25) is 0 Å². The van der Waals surface area contributed by atoms with Crippen LogP contribution >= 0.6 is 0 Å². The average Bonchev–Trinajstić information content (AvgIpc) is 2.26. The lowest BCUT2D eigenvalue weighted by Crippen LogP contribution is -2.39. The molecule has 0 bridgehead atoms. The number of aliphatic hydroxyl groups excluding tert-OH is 1. The summed E-state index contributed by atoms with van der Waals surface area (Å²) in [5.41, 5.74) is 0.180. The summed E-state index contributed by atoms with van der Waals surface area (Å²) in [7, 11) is 0. The molecule has 0 aromatic heterocycles. The standard InChI is InChI=1S/C12H23NO/c1-2-3-9-13-10-12(11-14)7-5-4-6-8-12/h2,13-14H,1,3-11H2. The first-order chi connectivity index (χ1) is 6.83. The molecular formula is C12H23NO. The smallest absolute Gasteiger partial charge is 0.0499 e. The van der Waals surface area contributed by atoms with Gasteiger partial charge in [-0.15, -0.1) is 6.58 Å². The van der Waals surface area contributed by atoms with Crippen LogP contribution in [-0.4, -0.2) is 24.8 Å². The molecule has 0 aromatic carbocycles. The molecule has 0 aliphatic heterocycles. The highest BCUT2D eigenvalue weighted by Crippen LogP contribution is 2.35. The lowest BCUT2D eigenvalue weighted by Gasteiger charge is -2.35. The molecule has 0 aromatic rings. The molecule has 0 saturated heterocycles. The van der Waals surface area contributed by atoms with Crippen molar-refractivity contribution >= 4 is 0 Å². The van der Waals surface area contributed by atoms with Crippen LogP contribution in [0, 0.1) is 5.41 Å². The summed E-state index contributed by atoms with van der Waals surface area (Å²) >= 11 is 0. The van der Waals surface area contributed by atoms with E-state index >= 15 is 0 Å². The second kappa shape index (κ2) is 6.20. The highest BCUT2D eigenvalue weighted by atomic mass is 16.3. The van der Waals surface area contributed by atoms with Gasteiger partial charge in [0.25, 0.3) is 0 Å². The molecule has 1 aliphatic carbocycles. The molecule has 1 fully saturated rings. The van der Waals surface area contributed by atoms with Crippen molar-refractivity contribution in [1.82, 2.24) is 5.32 Å². The van der Waals surface area contributed by atoms with E-state index in [4.69, 9.17) is 0 Å². The van der Waals surface area contributed by atoms with Gasteiger partial charge in [-0.05, 0) is 25.8 Å². The van der Waals surface area contributed by atoms with Gasteiger partial charge in [0, 0.05) is 18.6 Å². The monoisotopic (exact) mass is 197 g/mol. The van der Waals surface area contributed by atoms with Crippen LogP contribution in [-0.2, 0) is 0 Å². The van der Waals surface area contributed by atoms with Crippen molar-refractivity contribution < 1.29 is 5.11 Å². The summed E-state index contributed by atoms with van der Waals surface area (Å²) < 4.78 is 0. The predicted molar refractivity (Wildman–Crippen MR) is 60.3 cm³/mol. The molecule has 82 valence electrons. The summed E-state index contributed by atoms with van der Waals surface area (Å²) in [4.78, 5) is 0. The van der Waals surface area contributed by atoms with Crippen molar-refractivity contribution in [3.63, 3.8) is 0 Å². The normalized spacial score (nSPS) is 20.6. The molecular weight excluding hydrogens is 174 g/mol. The van der Waals surface area contributed by atoms with E-state index in [1.807, 2.05) is 6.08 Å². The van der Waals surface area contributed by atoms with Crippen LogP contribution < -0.4 is 5.32 Å². The summed E-state index contributed by atoms with van der Waals surface area (Å²) in [6.45, 7) is 6.00. The van der Waals surface area contributed by atoms with E-state index in [0.29, 0.717) is 6.61 Å². The van der Waals surface area contributed by atoms with E-state index in [-0.39, 0.29) is 5.41 Å². The molecule has 0 heterocycles. The molecule has 1 rings (SSSR count). The maximum Gasteiger partial charge on any atom is 0.0499 e. The second-order valence-corrected chi connectivity index (χ2v) is 4.47. The minimum absolute atomic E-state index is 0.180. The Morgan fingerprint density at radius 2 is 2.00 bits per heavy atom. The third kappa shape index (κ3) is 3.43. The molecule has 0 atom stereocenters. The Morgan fingerprint density at radius 3 is 2.57 bits per heavy atom. The maximum atomic E-state index is 9.44. The molecule has 0 spiro atoms. The van der Waals surface area contributed by atoms with Crippen molar-refractivity contribution in [2.45, 2.75) is 38.5 Å². The average molecular weight is 197 g/mol. The molecule has 1 aliphatic rings. The van der Waals surface area contributed by atoms with Gasteiger partial charge < -0.3 is 10.4 Å². The van der Waals surface area contributed by atoms with Gasteiger partial charge in [-0.2, -0.15) is 0 Å². The SMILES string of the molecule is C=CCCNCC1(CO)CCCCC1. The van der Waals surface area contributed by atoms with Gasteiger partial charge in [0.05, 0.1) is 0 Å². The molecule has 2 nitrogen and oxygen atoms in total. The minimum Gasteiger partial charge on any atom is -0.396 e. The van der Waals surface area contributed by atoms with Gasteiger partial charge in [-0.1, -0.05) is 25.3 Å². The maximum absolute atomic E-state index is 9.44. The van der Waals surface area contributed by atoms with Crippen molar-refractivity contribution in [3.05, 3.63) is 12.7 Å². The Bertz CT molecular complexity index is 162. The fourth-order valence-electron chi connectivity index (χ4n) is 2.25. The van der Waals surface area contributed by atoms with Gasteiger partial charge in [0.2, 0.25) is 0 Å². The summed E-state index contributed by atoms with van der Waals surface area (Å²) in [6, 6.07) is 0. The van der Waals surface area contributed by atoms with Crippen LogP contribution in [0.3, 0.4) is 0 Å². The van der Waals surface area contributed by atoms with Crippen LogP contribution in [0.5, 0.6) is 0 Å². The van der Waals surface area contributed by atoms with Crippen LogP contribution in [0.15, 0.2) is 12.7 Å². The predicted octanol–water partition coefficient (Wildman–Crippen LogP) is 2.09. The Kier molecular flexibility index (Phi) is 5.20. The Morgan fingerprint density at radius 1 is 1.29 bits per heavy atom. The fourth-order valence-corrected chi connectivity index (χ4v) is 2.25. The molecule has 2 heteroatoms. The van der Waals surface area contributed by atoms with E-state index in [2.05, 4.69) is 11.9 Å².